The molecule has 1 N–H and O–H groups in total. The number of carbonyl (C=O) groups excluding carboxylic acids is 2. The lowest BCUT2D eigenvalue weighted by Gasteiger charge is -2.29. The van der Waals surface area contributed by atoms with Gasteiger partial charge >= 0.3 is 12.1 Å². The monoisotopic (exact) mass is 483 g/mol. The van der Waals surface area contributed by atoms with Gasteiger partial charge < -0.3 is 19.5 Å². The summed E-state index contributed by atoms with van der Waals surface area (Å²) in [5, 5.41) is 10.3. The van der Waals surface area contributed by atoms with Crippen molar-refractivity contribution >= 4 is 39.2 Å². The molecule has 0 saturated heterocycles. The molecule has 14 heteroatoms. The summed E-state index contributed by atoms with van der Waals surface area (Å²) < 4.78 is 45.3. The first kappa shape index (κ1) is 22.9. The Labute approximate surface area is 189 Å². The number of halogens is 3. The number of alkyl halides is 3. The molecule has 0 aromatic carbocycles. The number of fused-ring (bicyclic) bond motifs is 2. The molecule has 1 aliphatic rings. The van der Waals surface area contributed by atoms with Gasteiger partial charge in [-0.25, -0.2) is 9.97 Å². The molecule has 3 aromatic rings. The second kappa shape index (κ2) is 8.92. The maximum Gasteiger partial charge on any atom is 0.451 e. The third kappa shape index (κ3) is 4.74. The SMILES string of the molecule is CCOC(=O)CCNC(=O)c1nc(N2CCn3c(nnc3C(F)(F)F)C2)c2cc(C)sc2n1. The van der Waals surface area contributed by atoms with Gasteiger partial charge in [-0.2, -0.15) is 13.2 Å². The Balaban J connectivity index is 1.59. The Morgan fingerprint density at radius 1 is 1.24 bits per heavy atom. The predicted molar refractivity (Wildman–Crippen MR) is 112 cm³/mol. The number of nitrogens with one attached hydrogen (secondary N) is 1. The molecule has 0 atom stereocenters. The third-order valence-electron chi connectivity index (χ3n) is 4.93. The van der Waals surface area contributed by atoms with Gasteiger partial charge in [0.25, 0.3) is 5.91 Å². The van der Waals surface area contributed by atoms with Crippen molar-refractivity contribution in [2.24, 2.45) is 0 Å². The van der Waals surface area contributed by atoms with Crippen LogP contribution in [0, 0.1) is 6.92 Å². The number of amides is 1. The van der Waals surface area contributed by atoms with E-state index in [-0.39, 0.29) is 50.9 Å². The van der Waals surface area contributed by atoms with E-state index < -0.39 is 23.9 Å². The van der Waals surface area contributed by atoms with E-state index in [9.17, 15) is 22.8 Å². The summed E-state index contributed by atoms with van der Waals surface area (Å²) in [5.41, 5.74) is 0. The van der Waals surface area contributed by atoms with Crippen LogP contribution in [-0.2, 0) is 28.8 Å². The van der Waals surface area contributed by atoms with E-state index in [0.717, 1.165) is 9.44 Å². The molecule has 0 radical (unpaired) electrons. The quantitative estimate of drug-likeness (QED) is 0.531. The maximum atomic E-state index is 13.1. The van der Waals surface area contributed by atoms with Crippen molar-refractivity contribution in [1.29, 1.82) is 0 Å². The minimum Gasteiger partial charge on any atom is -0.466 e. The van der Waals surface area contributed by atoms with Gasteiger partial charge in [-0.3, -0.25) is 9.59 Å². The molecule has 0 spiro atoms. The number of esters is 1. The first-order valence-corrected chi connectivity index (χ1v) is 10.9. The second-order valence-corrected chi connectivity index (χ2v) is 8.50. The van der Waals surface area contributed by atoms with Crippen LogP contribution in [0.15, 0.2) is 6.07 Å². The van der Waals surface area contributed by atoms with Crippen LogP contribution in [0.4, 0.5) is 19.0 Å². The number of nitrogens with zero attached hydrogens (tertiary/aromatic N) is 6. The maximum absolute atomic E-state index is 13.1. The van der Waals surface area contributed by atoms with Crippen LogP contribution in [0.1, 0.15) is 40.5 Å². The molecule has 176 valence electrons. The molecule has 10 nitrogen and oxygen atoms in total. The molecular weight excluding hydrogens is 463 g/mol. The van der Waals surface area contributed by atoms with Crippen LogP contribution in [-0.4, -0.2) is 56.3 Å². The molecule has 33 heavy (non-hydrogen) atoms. The highest BCUT2D eigenvalue weighted by atomic mass is 32.1. The number of hydrogen-bond donors (Lipinski definition) is 1. The van der Waals surface area contributed by atoms with Gasteiger partial charge in [0.15, 0.2) is 5.82 Å². The zero-order chi connectivity index (χ0) is 23.8. The zero-order valence-corrected chi connectivity index (χ0v) is 18.6. The first-order chi connectivity index (χ1) is 15.7. The molecule has 4 rings (SSSR count). The number of aromatic nitrogens is 5. The van der Waals surface area contributed by atoms with Gasteiger partial charge in [-0.1, -0.05) is 0 Å². The Morgan fingerprint density at radius 2 is 2.03 bits per heavy atom. The molecule has 0 fully saturated rings. The van der Waals surface area contributed by atoms with E-state index in [1.807, 2.05) is 13.0 Å². The average molecular weight is 483 g/mol. The Kier molecular flexibility index (Phi) is 6.19. The summed E-state index contributed by atoms with van der Waals surface area (Å²) in [6, 6.07) is 1.87. The van der Waals surface area contributed by atoms with Crippen LogP contribution in [0.3, 0.4) is 0 Å². The fraction of sp³-hybridized carbons (Fsp3) is 0.474. The number of hydrogen-bond acceptors (Lipinski definition) is 9. The summed E-state index contributed by atoms with van der Waals surface area (Å²) >= 11 is 1.38. The number of ether oxygens (including phenoxy) is 1. The third-order valence-corrected chi connectivity index (χ3v) is 5.87. The van der Waals surface area contributed by atoms with Crippen LogP contribution >= 0.6 is 11.3 Å². The Bertz CT molecular complexity index is 1210. The van der Waals surface area contributed by atoms with Crippen molar-refractivity contribution < 1.29 is 27.5 Å². The van der Waals surface area contributed by atoms with E-state index >= 15 is 0 Å². The number of thiophene rings is 1. The first-order valence-electron chi connectivity index (χ1n) is 10.1. The summed E-state index contributed by atoms with van der Waals surface area (Å²) in [4.78, 5) is 36.1. The van der Waals surface area contributed by atoms with Crippen molar-refractivity contribution in [3.8, 4) is 0 Å². The van der Waals surface area contributed by atoms with E-state index in [1.165, 1.54) is 11.3 Å². The number of aryl methyl sites for hydroxylation is 1. The van der Waals surface area contributed by atoms with Crippen LogP contribution < -0.4 is 10.2 Å². The van der Waals surface area contributed by atoms with E-state index in [4.69, 9.17) is 4.74 Å². The van der Waals surface area contributed by atoms with Gasteiger partial charge in [-0.05, 0) is 19.9 Å². The smallest absolute Gasteiger partial charge is 0.451 e. The van der Waals surface area contributed by atoms with E-state index in [2.05, 4.69) is 25.5 Å². The summed E-state index contributed by atoms with van der Waals surface area (Å²) in [5.74, 6) is -1.52. The number of anilines is 1. The fourth-order valence-corrected chi connectivity index (χ4v) is 4.38. The van der Waals surface area contributed by atoms with Crippen molar-refractivity contribution in [3.63, 3.8) is 0 Å². The lowest BCUT2D eigenvalue weighted by atomic mass is 10.2. The van der Waals surface area contributed by atoms with E-state index in [1.54, 1.807) is 11.8 Å². The molecular formula is C19H20F3N7O3S. The summed E-state index contributed by atoms with van der Waals surface area (Å²) in [6.45, 7) is 4.18. The molecule has 0 saturated carbocycles. The minimum atomic E-state index is -4.59. The average Bonchev–Trinajstić information content (AvgIpc) is 3.34. The second-order valence-electron chi connectivity index (χ2n) is 7.27. The fourth-order valence-electron chi connectivity index (χ4n) is 3.51. The summed E-state index contributed by atoms with van der Waals surface area (Å²) in [6.07, 6.45) is -4.58. The topological polar surface area (TPSA) is 115 Å². The van der Waals surface area contributed by atoms with Crippen molar-refractivity contribution in [2.75, 3.05) is 24.6 Å². The normalized spacial score (nSPS) is 13.8. The highest BCUT2D eigenvalue weighted by Crippen LogP contribution is 2.34. The van der Waals surface area contributed by atoms with E-state index in [0.29, 0.717) is 16.0 Å². The zero-order valence-electron chi connectivity index (χ0n) is 17.8. The molecule has 1 amide bonds. The van der Waals surface area contributed by atoms with Gasteiger partial charge in [-0.15, -0.1) is 21.5 Å². The van der Waals surface area contributed by atoms with Gasteiger partial charge in [0.1, 0.15) is 10.6 Å². The lowest BCUT2D eigenvalue weighted by molar-refractivity contribution is -0.147. The van der Waals surface area contributed by atoms with Crippen LogP contribution in [0.25, 0.3) is 10.2 Å². The van der Waals surface area contributed by atoms with Gasteiger partial charge in [0.05, 0.1) is 25.0 Å². The minimum absolute atomic E-state index is 0.0100. The van der Waals surface area contributed by atoms with Crippen molar-refractivity contribution in [3.05, 3.63) is 28.4 Å². The Morgan fingerprint density at radius 3 is 2.76 bits per heavy atom. The highest BCUT2D eigenvalue weighted by Gasteiger charge is 2.39. The van der Waals surface area contributed by atoms with Crippen molar-refractivity contribution in [1.82, 2.24) is 30.0 Å². The van der Waals surface area contributed by atoms with Gasteiger partial charge in [0.2, 0.25) is 11.6 Å². The lowest BCUT2D eigenvalue weighted by Crippen LogP contribution is -2.36. The standard InChI is InChI=1S/C19H20F3N7O3S/c1-3-32-13(30)4-5-23-16(31)14-24-15(11-8-10(2)33-17(11)25-14)28-6-7-29-12(9-28)26-27-18(29)19(20,21)22/h8H,3-7,9H2,1-2H3,(H,23,31). The highest BCUT2D eigenvalue weighted by molar-refractivity contribution is 7.18. The van der Waals surface area contributed by atoms with Crippen LogP contribution in [0.2, 0.25) is 0 Å². The largest absolute Gasteiger partial charge is 0.466 e. The Hall–Kier alpha value is -3.29. The van der Waals surface area contributed by atoms with Crippen LogP contribution in [0.5, 0.6) is 0 Å². The van der Waals surface area contributed by atoms with Gasteiger partial charge in [0, 0.05) is 24.5 Å². The molecule has 0 bridgehead atoms. The predicted octanol–water partition coefficient (Wildman–Crippen LogP) is 2.31. The molecule has 3 aromatic heterocycles. The molecule has 4 heterocycles. The van der Waals surface area contributed by atoms with Crippen molar-refractivity contribution in [2.45, 2.75) is 39.5 Å². The molecule has 0 unspecified atom stereocenters. The molecule has 0 aliphatic carbocycles. The summed E-state index contributed by atoms with van der Waals surface area (Å²) in [7, 11) is 0. The number of rotatable bonds is 6. The number of carbonyl (C=O) groups is 2. The molecule has 1 aliphatic heterocycles.